The van der Waals surface area contributed by atoms with Gasteiger partial charge in [0.25, 0.3) is 0 Å². The summed E-state index contributed by atoms with van der Waals surface area (Å²) in [6.45, 7) is 3.70. The highest BCUT2D eigenvalue weighted by Crippen LogP contribution is 2.28. The highest BCUT2D eigenvalue weighted by Gasteiger charge is 2.32. The number of hydrogen-bond acceptors (Lipinski definition) is 6. The molecule has 0 unspecified atom stereocenters. The van der Waals surface area contributed by atoms with E-state index in [1.54, 1.807) is 14.2 Å². The summed E-state index contributed by atoms with van der Waals surface area (Å²) in [5.74, 6) is 1.74. The van der Waals surface area contributed by atoms with Gasteiger partial charge >= 0.3 is 6.18 Å². The van der Waals surface area contributed by atoms with E-state index in [0.29, 0.717) is 43.6 Å². The summed E-state index contributed by atoms with van der Waals surface area (Å²) in [6.07, 6.45) is -3.44. The van der Waals surface area contributed by atoms with Crippen molar-refractivity contribution in [3.8, 4) is 11.5 Å². The van der Waals surface area contributed by atoms with Crippen LogP contribution in [0.25, 0.3) is 0 Å². The number of halogens is 3. The van der Waals surface area contributed by atoms with Gasteiger partial charge in [-0.1, -0.05) is 6.07 Å². The van der Waals surface area contributed by atoms with Crippen molar-refractivity contribution in [2.24, 2.45) is 4.99 Å². The number of rotatable bonds is 9. The molecule has 2 aromatic rings. The van der Waals surface area contributed by atoms with Gasteiger partial charge in [-0.15, -0.1) is 0 Å². The van der Waals surface area contributed by atoms with Gasteiger partial charge in [-0.05, 0) is 30.7 Å². The van der Waals surface area contributed by atoms with Crippen LogP contribution in [0.1, 0.15) is 18.2 Å². The van der Waals surface area contributed by atoms with Crippen LogP contribution in [0.15, 0.2) is 35.5 Å². The van der Waals surface area contributed by atoms with E-state index < -0.39 is 11.9 Å². The van der Waals surface area contributed by atoms with Gasteiger partial charge in [-0.2, -0.15) is 13.2 Å². The van der Waals surface area contributed by atoms with Gasteiger partial charge in [-0.3, -0.25) is 0 Å². The van der Waals surface area contributed by atoms with Crippen molar-refractivity contribution >= 4 is 11.9 Å². The van der Waals surface area contributed by atoms with E-state index in [4.69, 9.17) is 9.47 Å². The van der Waals surface area contributed by atoms with E-state index in [9.17, 15) is 13.2 Å². The van der Waals surface area contributed by atoms with E-state index in [1.807, 2.05) is 25.1 Å². The minimum atomic E-state index is -4.51. The highest BCUT2D eigenvalue weighted by atomic mass is 19.4. The largest absolute Gasteiger partial charge is 0.493 e. The lowest BCUT2D eigenvalue weighted by Crippen LogP contribution is -2.39. The Kier molecular flexibility index (Phi) is 8.51. The summed E-state index contributed by atoms with van der Waals surface area (Å²) in [4.78, 5) is 11.8. The first-order chi connectivity index (χ1) is 14.4. The summed E-state index contributed by atoms with van der Waals surface area (Å²) in [6, 6.07) is 6.37. The second-order valence-electron chi connectivity index (χ2n) is 6.00. The Morgan fingerprint density at radius 2 is 1.83 bits per heavy atom. The van der Waals surface area contributed by atoms with Crippen LogP contribution < -0.4 is 25.4 Å². The standard InChI is InChI=1S/C19H25F3N6O2/c1-4-23-17(27-12-13-5-6-14(29-2)15(11-13)30-3)25-9-10-26-18-24-8-7-16(28-18)19(20,21)22/h5-8,11H,4,9-10,12H2,1-3H3,(H2,23,25,27)(H,24,26,28). The van der Waals surface area contributed by atoms with Crippen molar-refractivity contribution in [2.75, 3.05) is 39.2 Å². The van der Waals surface area contributed by atoms with Crippen LogP contribution in [-0.2, 0) is 12.7 Å². The molecule has 1 heterocycles. The fourth-order valence-corrected chi connectivity index (χ4v) is 2.45. The zero-order valence-electron chi connectivity index (χ0n) is 17.0. The molecule has 0 aliphatic carbocycles. The lowest BCUT2D eigenvalue weighted by molar-refractivity contribution is -0.141. The SMILES string of the molecule is CCNC(=NCc1ccc(OC)c(OC)c1)NCCNc1nccc(C(F)(F)F)n1. The van der Waals surface area contributed by atoms with Crippen LogP contribution in [-0.4, -0.2) is 49.8 Å². The number of alkyl halides is 3. The van der Waals surface area contributed by atoms with Crippen LogP contribution >= 0.6 is 0 Å². The predicted octanol–water partition coefficient (Wildman–Crippen LogP) is 2.68. The molecule has 0 aliphatic rings. The molecule has 0 bridgehead atoms. The number of anilines is 1. The Labute approximate surface area is 172 Å². The minimum Gasteiger partial charge on any atom is -0.493 e. The molecule has 30 heavy (non-hydrogen) atoms. The summed E-state index contributed by atoms with van der Waals surface area (Å²) in [7, 11) is 3.14. The molecule has 3 N–H and O–H groups in total. The maximum absolute atomic E-state index is 12.7. The number of guanidine groups is 1. The molecule has 0 saturated heterocycles. The number of hydrogen-bond donors (Lipinski definition) is 3. The van der Waals surface area contributed by atoms with Gasteiger partial charge in [0, 0.05) is 25.8 Å². The van der Waals surface area contributed by atoms with Crippen LogP contribution in [0.2, 0.25) is 0 Å². The average molecular weight is 426 g/mol. The Morgan fingerprint density at radius 1 is 1.07 bits per heavy atom. The van der Waals surface area contributed by atoms with E-state index in [-0.39, 0.29) is 5.95 Å². The zero-order valence-corrected chi connectivity index (χ0v) is 17.0. The monoisotopic (exact) mass is 426 g/mol. The van der Waals surface area contributed by atoms with Crippen molar-refractivity contribution in [3.63, 3.8) is 0 Å². The van der Waals surface area contributed by atoms with Crippen LogP contribution in [0.4, 0.5) is 19.1 Å². The molecule has 0 radical (unpaired) electrons. The third-order valence-electron chi connectivity index (χ3n) is 3.86. The molecule has 0 aliphatic heterocycles. The van der Waals surface area contributed by atoms with Crippen molar-refractivity contribution < 1.29 is 22.6 Å². The maximum atomic E-state index is 12.7. The number of nitrogens with zero attached hydrogens (tertiary/aromatic N) is 3. The molecule has 0 amide bonds. The Hall–Kier alpha value is -3.24. The van der Waals surface area contributed by atoms with Gasteiger partial charge in [0.05, 0.1) is 20.8 Å². The molecule has 0 atom stereocenters. The molecule has 2 rings (SSSR count). The van der Waals surface area contributed by atoms with Gasteiger partial charge in [0.2, 0.25) is 5.95 Å². The first-order valence-corrected chi connectivity index (χ1v) is 9.24. The highest BCUT2D eigenvalue weighted by molar-refractivity contribution is 5.79. The number of aromatic nitrogens is 2. The molecule has 1 aromatic carbocycles. The number of ether oxygens (including phenoxy) is 2. The third kappa shape index (κ3) is 6.98. The summed E-state index contributed by atoms with van der Waals surface area (Å²) < 4.78 is 48.6. The normalized spacial score (nSPS) is 11.7. The van der Waals surface area contributed by atoms with E-state index >= 15 is 0 Å². The molecule has 11 heteroatoms. The smallest absolute Gasteiger partial charge is 0.433 e. The average Bonchev–Trinajstić information content (AvgIpc) is 2.74. The minimum absolute atomic E-state index is 0.0844. The Bertz CT molecular complexity index is 845. The fourth-order valence-electron chi connectivity index (χ4n) is 2.45. The van der Waals surface area contributed by atoms with E-state index in [2.05, 4.69) is 30.9 Å². The maximum Gasteiger partial charge on any atom is 0.433 e. The predicted molar refractivity (Wildman–Crippen MR) is 108 cm³/mol. The van der Waals surface area contributed by atoms with E-state index in [0.717, 1.165) is 17.8 Å². The van der Waals surface area contributed by atoms with E-state index in [1.165, 1.54) is 0 Å². The first-order valence-electron chi connectivity index (χ1n) is 9.24. The zero-order chi connectivity index (χ0) is 22.0. The molecular weight excluding hydrogens is 401 g/mol. The van der Waals surface area contributed by atoms with Gasteiger partial charge in [0.1, 0.15) is 5.69 Å². The number of nitrogens with one attached hydrogen (secondary N) is 3. The van der Waals surface area contributed by atoms with Crippen molar-refractivity contribution in [1.29, 1.82) is 0 Å². The molecule has 0 spiro atoms. The number of benzene rings is 1. The number of aliphatic imine (C=N–C) groups is 1. The summed E-state index contributed by atoms with van der Waals surface area (Å²) >= 11 is 0. The molecule has 164 valence electrons. The quantitative estimate of drug-likeness (QED) is 0.323. The Morgan fingerprint density at radius 3 is 2.50 bits per heavy atom. The fraction of sp³-hybridized carbons (Fsp3) is 0.421. The molecule has 0 saturated carbocycles. The Balaban J connectivity index is 1.90. The van der Waals surface area contributed by atoms with Crippen LogP contribution in [0.5, 0.6) is 11.5 Å². The lowest BCUT2D eigenvalue weighted by Gasteiger charge is -2.13. The second-order valence-corrected chi connectivity index (χ2v) is 6.00. The third-order valence-corrected chi connectivity index (χ3v) is 3.86. The number of methoxy groups -OCH3 is 2. The second kappa shape index (κ2) is 11.1. The molecular formula is C19H25F3N6O2. The summed E-state index contributed by atoms with van der Waals surface area (Å²) in [5.41, 5.74) is -0.0573. The molecule has 8 nitrogen and oxygen atoms in total. The van der Waals surface area contributed by atoms with Crippen molar-refractivity contribution in [2.45, 2.75) is 19.6 Å². The molecule has 0 fully saturated rings. The van der Waals surface area contributed by atoms with Crippen molar-refractivity contribution in [1.82, 2.24) is 20.6 Å². The first kappa shape index (κ1) is 23.0. The topological polar surface area (TPSA) is 92.7 Å². The van der Waals surface area contributed by atoms with Gasteiger partial charge in [-0.25, -0.2) is 15.0 Å². The van der Waals surface area contributed by atoms with Crippen molar-refractivity contribution in [3.05, 3.63) is 41.7 Å². The van der Waals surface area contributed by atoms with Crippen LogP contribution in [0.3, 0.4) is 0 Å². The van der Waals surface area contributed by atoms with Crippen LogP contribution in [0, 0.1) is 0 Å². The van der Waals surface area contributed by atoms with Gasteiger partial charge in [0.15, 0.2) is 17.5 Å². The summed E-state index contributed by atoms with van der Waals surface area (Å²) in [5, 5.41) is 8.96. The van der Waals surface area contributed by atoms with Gasteiger partial charge < -0.3 is 25.4 Å². The lowest BCUT2D eigenvalue weighted by atomic mass is 10.2. The molecule has 1 aromatic heterocycles.